The number of para-hydroxylation sites is 1. The van der Waals surface area contributed by atoms with Crippen LogP contribution in [-0.2, 0) is 6.54 Å². The van der Waals surface area contributed by atoms with E-state index in [1.165, 1.54) is 11.0 Å². The smallest absolute Gasteiger partial charge is 0.276 e. The van der Waals surface area contributed by atoms with Crippen molar-refractivity contribution in [1.82, 2.24) is 30.0 Å². The van der Waals surface area contributed by atoms with E-state index in [2.05, 4.69) is 20.3 Å². The van der Waals surface area contributed by atoms with Crippen LogP contribution < -0.4 is 0 Å². The Morgan fingerprint density at radius 3 is 2.52 bits per heavy atom. The topological polar surface area (TPSA) is 80.3 Å². The minimum Gasteiger partial charge on any atom is -0.361 e. The SMILES string of the molecule is Cc1noc(C)c1CN1CCN(C(=O)c2cnn(-c3ccccc3)n2)CC1. The molecular formula is C19H22N6O2. The number of nitrogens with zero attached hydrogens (tertiary/aromatic N) is 6. The Kier molecular flexibility index (Phi) is 4.72. The molecule has 3 heterocycles. The monoisotopic (exact) mass is 366 g/mol. The molecule has 0 saturated carbocycles. The van der Waals surface area contributed by atoms with E-state index in [-0.39, 0.29) is 5.91 Å². The van der Waals surface area contributed by atoms with Gasteiger partial charge in [0.15, 0.2) is 5.69 Å². The van der Waals surface area contributed by atoms with E-state index < -0.39 is 0 Å². The molecule has 3 aromatic rings. The third kappa shape index (κ3) is 3.61. The maximum Gasteiger partial charge on any atom is 0.276 e. The van der Waals surface area contributed by atoms with Crippen molar-refractivity contribution >= 4 is 5.91 Å². The second kappa shape index (κ2) is 7.32. The minimum absolute atomic E-state index is 0.0748. The fourth-order valence-corrected chi connectivity index (χ4v) is 3.27. The Labute approximate surface area is 157 Å². The molecule has 0 radical (unpaired) electrons. The molecule has 1 saturated heterocycles. The molecule has 4 rings (SSSR count). The van der Waals surface area contributed by atoms with Gasteiger partial charge in [-0.25, -0.2) is 0 Å². The molecule has 0 spiro atoms. The van der Waals surface area contributed by atoms with Gasteiger partial charge < -0.3 is 9.42 Å². The highest BCUT2D eigenvalue weighted by Crippen LogP contribution is 2.17. The molecule has 27 heavy (non-hydrogen) atoms. The van der Waals surface area contributed by atoms with Crippen LogP contribution in [0.5, 0.6) is 0 Å². The average Bonchev–Trinajstić information content (AvgIpc) is 3.31. The first kappa shape index (κ1) is 17.4. The van der Waals surface area contributed by atoms with Gasteiger partial charge in [-0.3, -0.25) is 9.69 Å². The molecule has 1 fully saturated rings. The van der Waals surface area contributed by atoms with E-state index in [0.29, 0.717) is 18.8 Å². The number of benzene rings is 1. The number of hydrogen-bond acceptors (Lipinski definition) is 6. The van der Waals surface area contributed by atoms with Gasteiger partial charge in [-0.2, -0.15) is 9.90 Å². The maximum absolute atomic E-state index is 12.7. The van der Waals surface area contributed by atoms with E-state index in [0.717, 1.165) is 42.3 Å². The number of aryl methyl sites for hydroxylation is 2. The molecule has 2 aromatic heterocycles. The Balaban J connectivity index is 1.37. The molecule has 1 aromatic carbocycles. The number of amides is 1. The summed E-state index contributed by atoms with van der Waals surface area (Å²) in [5.74, 6) is 0.790. The molecule has 1 aliphatic heterocycles. The second-order valence-electron chi connectivity index (χ2n) is 6.73. The quantitative estimate of drug-likeness (QED) is 0.701. The Morgan fingerprint density at radius 2 is 1.85 bits per heavy atom. The van der Waals surface area contributed by atoms with Crippen LogP contribution in [0.25, 0.3) is 5.69 Å². The van der Waals surface area contributed by atoms with Crippen LogP contribution >= 0.6 is 0 Å². The number of rotatable bonds is 4. The molecule has 0 unspecified atom stereocenters. The fraction of sp³-hybridized carbons (Fsp3) is 0.368. The summed E-state index contributed by atoms with van der Waals surface area (Å²) in [6.45, 7) is 7.65. The van der Waals surface area contributed by atoms with Gasteiger partial charge >= 0.3 is 0 Å². The van der Waals surface area contributed by atoms with Gasteiger partial charge in [0.2, 0.25) is 0 Å². The van der Waals surface area contributed by atoms with E-state index in [1.807, 2.05) is 49.1 Å². The van der Waals surface area contributed by atoms with Crippen molar-refractivity contribution in [3.05, 3.63) is 59.2 Å². The third-order valence-corrected chi connectivity index (χ3v) is 4.92. The van der Waals surface area contributed by atoms with Crippen LogP contribution in [0.2, 0.25) is 0 Å². The highest BCUT2D eigenvalue weighted by atomic mass is 16.5. The summed E-state index contributed by atoms with van der Waals surface area (Å²) >= 11 is 0. The lowest BCUT2D eigenvalue weighted by atomic mass is 10.1. The highest BCUT2D eigenvalue weighted by Gasteiger charge is 2.25. The van der Waals surface area contributed by atoms with E-state index >= 15 is 0 Å². The molecule has 8 heteroatoms. The Morgan fingerprint density at radius 1 is 1.11 bits per heavy atom. The van der Waals surface area contributed by atoms with E-state index in [1.54, 1.807) is 0 Å². The van der Waals surface area contributed by atoms with Gasteiger partial charge in [0.1, 0.15) is 5.76 Å². The second-order valence-corrected chi connectivity index (χ2v) is 6.73. The van der Waals surface area contributed by atoms with Crippen molar-refractivity contribution < 1.29 is 9.32 Å². The normalized spacial score (nSPS) is 15.3. The molecule has 1 aliphatic rings. The Bertz CT molecular complexity index is 905. The lowest BCUT2D eigenvalue weighted by molar-refractivity contribution is 0.0621. The molecule has 8 nitrogen and oxygen atoms in total. The predicted octanol–water partition coefficient (Wildman–Crippen LogP) is 1.83. The molecule has 0 aliphatic carbocycles. The largest absolute Gasteiger partial charge is 0.361 e. The standard InChI is InChI=1S/C19H22N6O2/c1-14-17(15(2)27-22-14)13-23-8-10-24(11-9-23)19(26)18-12-20-25(21-18)16-6-4-3-5-7-16/h3-7,12H,8-11,13H2,1-2H3. The van der Waals surface area contributed by atoms with Crippen molar-refractivity contribution in [3.63, 3.8) is 0 Å². The van der Waals surface area contributed by atoms with Crippen LogP contribution in [0, 0.1) is 13.8 Å². The van der Waals surface area contributed by atoms with E-state index in [4.69, 9.17) is 4.52 Å². The highest BCUT2D eigenvalue weighted by molar-refractivity contribution is 5.92. The first-order valence-electron chi connectivity index (χ1n) is 9.03. The van der Waals surface area contributed by atoms with Gasteiger partial charge in [-0.15, -0.1) is 5.10 Å². The van der Waals surface area contributed by atoms with Crippen LogP contribution in [0.3, 0.4) is 0 Å². The predicted molar refractivity (Wildman–Crippen MR) is 98.5 cm³/mol. The number of carbonyl (C=O) groups excluding carboxylic acids is 1. The molecule has 0 atom stereocenters. The zero-order valence-corrected chi connectivity index (χ0v) is 15.5. The van der Waals surface area contributed by atoms with Crippen LogP contribution in [0.1, 0.15) is 27.5 Å². The van der Waals surface area contributed by atoms with Crippen LogP contribution in [-0.4, -0.2) is 62.0 Å². The van der Waals surface area contributed by atoms with E-state index in [9.17, 15) is 4.79 Å². The summed E-state index contributed by atoms with van der Waals surface area (Å²) in [5.41, 5.74) is 3.28. The summed E-state index contributed by atoms with van der Waals surface area (Å²) in [5, 5.41) is 12.6. The lowest BCUT2D eigenvalue weighted by Crippen LogP contribution is -2.48. The first-order chi connectivity index (χ1) is 13.1. The van der Waals surface area contributed by atoms with Crippen molar-refractivity contribution in [2.45, 2.75) is 20.4 Å². The van der Waals surface area contributed by atoms with Crippen molar-refractivity contribution in [1.29, 1.82) is 0 Å². The summed E-state index contributed by atoms with van der Waals surface area (Å²) in [7, 11) is 0. The van der Waals surface area contributed by atoms with Gasteiger partial charge in [0.25, 0.3) is 5.91 Å². The molecule has 0 bridgehead atoms. The number of hydrogen-bond donors (Lipinski definition) is 0. The molecule has 0 N–H and O–H groups in total. The number of piperazine rings is 1. The van der Waals surface area contributed by atoms with Gasteiger partial charge in [-0.1, -0.05) is 23.4 Å². The van der Waals surface area contributed by atoms with Crippen LogP contribution in [0.15, 0.2) is 41.1 Å². The van der Waals surface area contributed by atoms with Crippen LogP contribution in [0.4, 0.5) is 0 Å². The van der Waals surface area contributed by atoms with Crippen molar-refractivity contribution in [3.8, 4) is 5.69 Å². The van der Waals surface area contributed by atoms with Gasteiger partial charge in [0.05, 0.1) is 17.6 Å². The van der Waals surface area contributed by atoms with Crippen molar-refractivity contribution in [2.24, 2.45) is 0 Å². The molecular weight excluding hydrogens is 344 g/mol. The fourth-order valence-electron chi connectivity index (χ4n) is 3.27. The van der Waals surface area contributed by atoms with Crippen molar-refractivity contribution in [2.75, 3.05) is 26.2 Å². The van der Waals surface area contributed by atoms with Gasteiger partial charge in [0, 0.05) is 38.3 Å². The summed E-state index contributed by atoms with van der Waals surface area (Å²) < 4.78 is 5.23. The Hall–Kier alpha value is -3.00. The number of carbonyl (C=O) groups is 1. The minimum atomic E-state index is -0.0748. The number of aromatic nitrogens is 4. The molecule has 140 valence electrons. The maximum atomic E-state index is 12.7. The summed E-state index contributed by atoms with van der Waals surface area (Å²) in [6, 6.07) is 9.57. The third-order valence-electron chi connectivity index (χ3n) is 4.92. The zero-order valence-electron chi connectivity index (χ0n) is 15.5. The molecule has 1 amide bonds. The average molecular weight is 366 g/mol. The van der Waals surface area contributed by atoms with Gasteiger partial charge in [-0.05, 0) is 26.0 Å². The first-order valence-corrected chi connectivity index (χ1v) is 9.03. The lowest BCUT2D eigenvalue weighted by Gasteiger charge is -2.34. The summed E-state index contributed by atoms with van der Waals surface area (Å²) in [4.78, 5) is 18.4. The summed E-state index contributed by atoms with van der Waals surface area (Å²) in [6.07, 6.45) is 1.53. The zero-order chi connectivity index (χ0) is 18.8.